The first-order valence-corrected chi connectivity index (χ1v) is 13.9. The summed E-state index contributed by atoms with van der Waals surface area (Å²) in [6.07, 6.45) is -3.88. The maximum atomic E-state index is 13.1. The molecule has 0 radical (unpaired) electrons. The van der Waals surface area contributed by atoms with Crippen LogP contribution in [-0.4, -0.2) is 55.7 Å². The van der Waals surface area contributed by atoms with Crippen molar-refractivity contribution in [1.29, 1.82) is 0 Å². The van der Waals surface area contributed by atoms with Gasteiger partial charge in [-0.05, 0) is 60.5 Å². The molecule has 0 atom stereocenters. The number of sulfonamides is 1. The molecule has 0 spiro atoms. The van der Waals surface area contributed by atoms with Crippen molar-refractivity contribution in [3.8, 4) is 0 Å². The zero-order valence-corrected chi connectivity index (χ0v) is 22.2. The van der Waals surface area contributed by atoms with Crippen LogP contribution in [0.1, 0.15) is 21.5 Å². The number of nitrogens with zero attached hydrogens (tertiary/aromatic N) is 3. The highest BCUT2D eigenvalue weighted by atomic mass is 35.5. The molecule has 0 saturated carbocycles. The first-order valence-electron chi connectivity index (χ1n) is 11.5. The van der Waals surface area contributed by atoms with Crippen molar-refractivity contribution in [3.05, 3.63) is 82.5 Å². The summed E-state index contributed by atoms with van der Waals surface area (Å²) in [4.78, 5) is 18.1. The van der Waals surface area contributed by atoms with Gasteiger partial charge in [-0.1, -0.05) is 23.7 Å². The number of rotatable bonds is 7. The van der Waals surface area contributed by atoms with Gasteiger partial charge < -0.3 is 10.2 Å². The predicted molar refractivity (Wildman–Crippen MR) is 140 cm³/mol. The number of carbonyl (C=O) groups excluding carboxylic acids is 1. The van der Waals surface area contributed by atoms with Crippen molar-refractivity contribution in [3.63, 3.8) is 0 Å². The van der Waals surface area contributed by atoms with Crippen molar-refractivity contribution in [2.24, 2.45) is 0 Å². The van der Waals surface area contributed by atoms with Gasteiger partial charge in [-0.25, -0.2) is 13.4 Å². The fraction of sp³-hybridized carbons (Fsp3) is 0.280. The smallest absolute Gasteiger partial charge is 0.354 e. The Hall–Kier alpha value is -2.86. The molecule has 1 N–H and O–H groups in total. The molecule has 1 amide bonds. The highest BCUT2D eigenvalue weighted by Crippen LogP contribution is 2.33. The van der Waals surface area contributed by atoms with Crippen LogP contribution in [0.4, 0.5) is 24.7 Å². The molecule has 2 aromatic carbocycles. The molecular formula is C25H23Cl2F3N4O3S. The molecule has 1 aliphatic heterocycles. The van der Waals surface area contributed by atoms with Crippen molar-refractivity contribution >= 4 is 50.6 Å². The molecule has 3 aromatic rings. The van der Waals surface area contributed by atoms with Gasteiger partial charge in [0.25, 0.3) is 5.91 Å². The summed E-state index contributed by atoms with van der Waals surface area (Å²) in [5, 5.41) is 2.44. The minimum absolute atomic E-state index is 0.0367. The summed E-state index contributed by atoms with van der Waals surface area (Å²) in [7, 11) is -3.86. The van der Waals surface area contributed by atoms with E-state index < -0.39 is 21.8 Å². The Balaban J connectivity index is 1.39. The lowest BCUT2D eigenvalue weighted by atomic mass is 10.1. The molecular weight excluding hydrogens is 564 g/mol. The van der Waals surface area contributed by atoms with E-state index in [-0.39, 0.29) is 48.0 Å². The van der Waals surface area contributed by atoms with E-state index in [1.54, 1.807) is 17.0 Å². The third kappa shape index (κ3) is 6.58. The number of halogens is 5. The third-order valence-corrected chi connectivity index (χ3v) is 8.32. The number of carbonyl (C=O) groups is 1. The molecule has 0 unspecified atom stereocenters. The summed E-state index contributed by atoms with van der Waals surface area (Å²) < 4.78 is 66.9. The third-order valence-electron chi connectivity index (χ3n) is 6.02. The van der Waals surface area contributed by atoms with E-state index in [2.05, 4.69) is 10.3 Å². The van der Waals surface area contributed by atoms with Gasteiger partial charge in [-0.3, -0.25) is 4.79 Å². The lowest BCUT2D eigenvalue weighted by molar-refractivity contribution is -0.137. The van der Waals surface area contributed by atoms with Gasteiger partial charge in [-0.2, -0.15) is 17.5 Å². The van der Waals surface area contributed by atoms with Crippen molar-refractivity contribution < 1.29 is 26.4 Å². The molecule has 1 aliphatic rings. The first-order chi connectivity index (χ1) is 18.0. The van der Waals surface area contributed by atoms with Crippen LogP contribution in [0.2, 0.25) is 5.15 Å². The van der Waals surface area contributed by atoms with E-state index in [9.17, 15) is 26.4 Å². The molecule has 0 bridgehead atoms. The number of amides is 1. The largest absolute Gasteiger partial charge is 0.416 e. The molecule has 0 aliphatic carbocycles. The van der Waals surface area contributed by atoms with E-state index in [4.69, 9.17) is 23.2 Å². The second-order valence-electron chi connectivity index (χ2n) is 8.54. The Morgan fingerprint density at radius 3 is 2.18 bits per heavy atom. The quantitative estimate of drug-likeness (QED) is 0.300. The van der Waals surface area contributed by atoms with E-state index in [1.807, 2.05) is 12.1 Å². The summed E-state index contributed by atoms with van der Waals surface area (Å²) in [5.41, 5.74) is 0.977. The average molecular weight is 587 g/mol. The van der Waals surface area contributed by atoms with Crippen molar-refractivity contribution in [1.82, 2.24) is 9.29 Å². The van der Waals surface area contributed by atoms with Crippen LogP contribution in [0, 0.1) is 0 Å². The van der Waals surface area contributed by atoms with Gasteiger partial charge in [0.15, 0.2) is 0 Å². The normalized spacial score (nSPS) is 14.9. The molecule has 13 heteroatoms. The van der Waals surface area contributed by atoms with Crippen LogP contribution in [0.5, 0.6) is 0 Å². The number of benzene rings is 2. The number of hydrogen-bond donors (Lipinski definition) is 1. The number of hydrogen-bond acceptors (Lipinski definition) is 5. The lowest BCUT2D eigenvalue weighted by Crippen LogP contribution is -2.49. The number of piperazine rings is 1. The summed E-state index contributed by atoms with van der Waals surface area (Å²) >= 11 is 11.5. The van der Waals surface area contributed by atoms with E-state index in [0.29, 0.717) is 23.6 Å². The topological polar surface area (TPSA) is 82.6 Å². The van der Waals surface area contributed by atoms with Gasteiger partial charge in [0.05, 0.1) is 10.5 Å². The van der Waals surface area contributed by atoms with E-state index in [1.165, 1.54) is 28.6 Å². The molecule has 38 heavy (non-hydrogen) atoms. The maximum Gasteiger partial charge on any atom is 0.416 e. The SMILES string of the molecule is O=C(Nc1ccc(S(=O)(=O)N2CCN(c3cc(C(F)(F)F)cc(Cl)n3)CC2)cc1)c1ccc(CCCl)cc1. The number of pyridine rings is 1. The van der Waals surface area contributed by atoms with Gasteiger partial charge >= 0.3 is 6.18 Å². The average Bonchev–Trinajstić information content (AvgIpc) is 2.89. The predicted octanol–water partition coefficient (Wildman–Crippen LogP) is 5.30. The summed E-state index contributed by atoms with van der Waals surface area (Å²) in [5.74, 6) is 0.186. The maximum absolute atomic E-state index is 13.1. The molecule has 202 valence electrons. The number of nitrogens with one attached hydrogen (secondary N) is 1. The number of aryl methyl sites for hydroxylation is 1. The number of aromatic nitrogens is 1. The fourth-order valence-corrected chi connectivity index (χ4v) is 5.81. The molecule has 2 heterocycles. The molecule has 1 fully saturated rings. The van der Waals surface area contributed by atoms with Gasteiger partial charge in [0, 0.05) is 43.3 Å². The van der Waals surface area contributed by atoms with Gasteiger partial charge in [-0.15, -0.1) is 11.6 Å². The minimum Gasteiger partial charge on any atom is -0.354 e. The van der Waals surface area contributed by atoms with Crippen molar-refractivity contribution in [2.75, 3.05) is 42.3 Å². The molecule has 1 aromatic heterocycles. The Bertz CT molecular complexity index is 1390. The van der Waals surface area contributed by atoms with Gasteiger partial charge in [0.1, 0.15) is 11.0 Å². The highest BCUT2D eigenvalue weighted by molar-refractivity contribution is 7.89. The number of alkyl halides is 4. The Kier molecular flexibility index (Phi) is 8.51. The van der Waals surface area contributed by atoms with Crippen LogP contribution in [0.15, 0.2) is 65.6 Å². The van der Waals surface area contributed by atoms with Crippen LogP contribution >= 0.6 is 23.2 Å². The standard InChI is InChI=1S/C25H23Cl2F3N4O3S/c26-10-9-17-1-3-18(4-2-17)24(35)31-20-5-7-21(8-6-20)38(36,37)34-13-11-33(12-14-34)23-16-19(25(28,29)30)15-22(27)32-23/h1-8,15-16H,9-14H2,(H,31,35). The highest BCUT2D eigenvalue weighted by Gasteiger charge is 2.33. The minimum atomic E-state index is -4.58. The van der Waals surface area contributed by atoms with E-state index >= 15 is 0 Å². The Labute approximate surface area is 228 Å². The lowest BCUT2D eigenvalue weighted by Gasteiger charge is -2.35. The molecule has 7 nitrogen and oxygen atoms in total. The molecule has 1 saturated heterocycles. The fourth-order valence-electron chi connectivity index (χ4n) is 3.96. The van der Waals surface area contributed by atoms with Crippen molar-refractivity contribution in [2.45, 2.75) is 17.5 Å². The van der Waals surface area contributed by atoms with Crippen LogP contribution in [0.3, 0.4) is 0 Å². The summed E-state index contributed by atoms with van der Waals surface area (Å²) in [6, 6.07) is 14.5. The van der Waals surface area contributed by atoms with Crippen LogP contribution in [-0.2, 0) is 22.6 Å². The first kappa shape index (κ1) is 28.2. The Morgan fingerprint density at radius 1 is 0.974 bits per heavy atom. The monoisotopic (exact) mass is 586 g/mol. The van der Waals surface area contributed by atoms with Crippen LogP contribution < -0.4 is 10.2 Å². The Morgan fingerprint density at radius 2 is 1.61 bits per heavy atom. The molecule has 4 rings (SSSR count). The zero-order valence-electron chi connectivity index (χ0n) is 19.9. The van der Waals surface area contributed by atoms with E-state index in [0.717, 1.165) is 17.7 Å². The second-order valence-corrected chi connectivity index (χ2v) is 11.2. The zero-order chi connectivity index (χ0) is 27.5. The number of anilines is 2. The summed E-state index contributed by atoms with van der Waals surface area (Å²) in [6.45, 7) is 0.384. The van der Waals surface area contributed by atoms with Crippen LogP contribution in [0.25, 0.3) is 0 Å². The van der Waals surface area contributed by atoms with Gasteiger partial charge in [0.2, 0.25) is 10.0 Å². The second kappa shape index (κ2) is 11.5.